The Labute approximate surface area is 136 Å². The van der Waals surface area contributed by atoms with Crippen LogP contribution in [-0.4, -0.2) is 46.9 Å². The fourth-order valence-corrected chi connectivity index (χ4v) is 2.25. The molecule has 0 saturated heterocycles. The van der Waals surface area contributed by atoms with Crippen LogP contribution in [0, 0.1) is 0 Å². The largest absolute Gasteiger partial charge is 0.465 e. The molecule has 4 N–H and O–H groups in total. The number of carbonyl (C=O) groups excluding carboxylic acids is 1. The molecule has 0 bridgehead atoms. The number of rotatable bonds is 6. The van der Waals surface area contributed by atoms with Gasteiger partial charge in [0.2, 0.25) is 0 Å². The van der Waals surface area contributed by atoms with Crippen molar-refractivity contribution in [1.29, 1.82) is 0 Å². The van der Waals surface area contributed by atoms with E-state index in [4.69, 9.17) is 10.5 Å². The molecule has 2 amide bonds. The molecular weight excluding hydrogens is 298 g/mol. The van der Waals surface area contributed by atoms with Crippen molar-refractivity contribution in [1.82, 2.24) is 10.2 Å². The van der Waals surface area contributed by atoms with E-state index >= 15 is 0 Å². The Hall–Kier alpha value is -2.28. The minimum atomic E-state index is -1.08. The monoisotopic (exact) mass is 323 g/mol. The van der Waals surface area contributed by atoms with E-state index < -0.39 is 23.8 Å². The molecule has 0 spiro atoms. The summed E-state index contributed by atoms with van der Waals surface area (Å²) in [6.07, 6.45) is -1.68. The Kier molecular flexibility index (Phi) is 6.84. The third-order valence-corrected chi connectivity index (χ3v) is 3.26. The number of hydrogen-bond acceptors (Lipinski definition) is 4. The molecule has 1 aromatic carbocycles. The second kappa shape index (κ2) is 8.38. The molecule has 0 aromatic heterocycles. The fourth-order valence-electron chi connectivity index (χ4n) is 2.25. The van der Waals surface area contributed by atoms with Gasteiger partial charge in [0.05, 0.1) is 6.04 Å². The van der Waals surface area contributed by atoms with Gasteiger partial charge >= 0.3 is 12.2 Å². The standard InChI is InChI=1S/C16H25N3O4/c1-16(2,3)19(15(21)22)13(9-17)10-18-14(20)23-11-12-7-5-4-6-8-12/h4-8,13H,9-11,17H2,1-3H3,(H,18,20)(H,21,22). The molecule has 0 aliphatic carbocycles. The summed E-state index contributed by atoms with van der Waals surface area (Å²) in [6.45, 7) is 5.67. The minimum Gasteiger partial charge on any atom is -0.465 e. The lowest BCUT2D eigenvalue weighted by Crippen LogP contribution is -2.57. The van der Waals surface area contributed by atoms with Gasteiger partial charge in [-0.3, -0.25) is 4.90 Å². The second-order valence-electron chi connectivity index (χ2n) is 6.16. The van der Waals surface area contributed by atoms with Crippen molar-refractivity contribution in [3.63, 3.8) is 0 Å². The lowest BCUT2D eigenvalue weighted by Gasteiger charge is -2.39. The Bertz CT molecular complexity index is 514. The molecule has 0 saturated carbocycles. The molecule has 0 aliphatic heterocycles. The first-order valence-electron chi connectivity index (χ1n) is 7.42. The first-order valence-corrected chi connectivity index (χ1v) is 7.42. The zero-order valence-electron chi connectivity index (χ0n) is 13.8. The number of benzene rings is 1. The van der Waals surface area contributed by atoms with E-state index in [0.29, 0.717) is 0 Å². The second-order valence-corrected chi connectivity index (χ2v) is 6.16. The topological polar surface area (TPSA) is 105 Å². The number of hydrogen-bond donors (Lipinski definition) is 3. The zero-order valence-corrected chi connectivity index (χ0v) is 13.8. The molecule has 128 valence electrons. The van der Waals surface area contributed by atoms with Gasteiger partial charge in [0.15, 0.2) is 0 Å². The van der Waals surface area contributed by atoms with Gasteiger partial charge in [-0.05, 0) is 26.3 Å². The number of nitrogens with two attached hydrogens (primary N) is 1. The molecular formula is C16H25N3O4. The van der Waals surface area contributed by atoms with Crippen molar-refractivity contribution < 1.29 is 19.4 Å². The Morgan fingerprint density at radius 3 is 2.39 bits per heavy atom. The van der Waals surface area contributed by atoms with Gasteiger partial charge in [-0.15, -0.1) is 0 Å². The normalized spacial score (nSPS) is 12.3. The predicted molar refractivity (Wildman–Crippen MR) is 87.1 cm³/mol. The smallest absolute Gasteiger partial charge is 0.408 e. The van der Waals surface area contributed by atoms with Crippen molar-refractivity contribution in [2.45, 2.75) is 39.0 Å². The molecule has 0 heterocycles. The first kappa shape index (κ1) is 18.8. The summed E-state index contributed by atoms with van der Waals surface area (Å²) in [4.78, 5) is 24.4. The Morgan fingerprint density at radius 1 is 1.30 bits per heavy atom. The number of carboxylic acid groups (broad SMARTS) is 1. The molecule has 7 nitrogen and oxygen atoms in total. The maximum atomic E-state index is 11.7. The number of alkyl carbamates (subject to hydrolysis) is 1. The summed E-state index contributed by atoms with van der Waals surface area (Å²) in [7, 11) is 0. The summed E-state index contributed by atoms with van der Waals surface area (Å²) in [6, 6.07) is 8.76. The molecule has 0 fully saturated rings. The van der Waals surface area contributed by atoms with Crippen LogP contribution in [0.3, 0.4) is 0 Å². The maximum absolute atomic E-state index is 11.7. The van der Waals surface area contributed by atoms with Crippen LogP contribution in [0.1, 0.15) is 26.3 Å². The van der Waals surface area contributed by atoms with E-state index in [9.17, 15) is 14.7 Å². The van der Waals surface area contributed by atoms with Crippen molar-refractivity contribution in [3.05, 3.63) is 35.9 Å². The number of carbonyl (C=O) groups is 2. The number of nitrogens with zero attached hydrogens (tertiary/aromatic N) is 1. The quantitative estimate of drug-likeness (QED) is 0.743. The van der Waals surface area contributed by atoms with Crippen molar-refractivity contribution in [2.24, 2.45) is 5.73 Å². The van der Waals surface area contributed by atoms with Crippen LogP contribution in [-0.2, 0) is 11.3 Å². The van der Waals surface area contributed by atoms with Gasteiger partial charge in [0.1, 0.15) is 6.61 Å². The van der Waals surface area contributed by atoms with Crippen LogP contribution < -0.4 is 11.1 Å². The summed E-state index contributed by atoms with van der Waals surface area (Å²) < 4.78 is 5.09. The SMILES string of the molecule is CC(C)(C)N(C(=O)O)C(CN)CNC(=O)OCc1ccccc1. The molecule has 1 aromatic rings. The van der Waals surface area contributed by atoms with Crippen LogP contribution in [0.4, 0.5) is 9.59 Å². The van der Waals surface area contributed by atoms with E-state index in [2.05, 4.69) is 5.32 Å². The van der Waals surface area contributed by atoms with Crippen LogP contribution in [0.25, 0.3) is 0 Å². The minimum absolute atomic E-state index is 0.0910. The lowest BCUT2D eigenvalue weighted by atomic mass is 10.0. The first-order chi connectivity index (χ1) is 10.8. The van der Waals surface area contributed by atoms with E-state index in [1.807, 2.05) is 30.3 Å². The van der Waals surface area contributed by atoms with E-state index in [0.717, 1.165) is 5.56 Å². The Morgan fingerprint density at radius 2 is 1.91 bits per heavy atom. The maximum Gasteiger partial charge on any atom is 0.408 e. The van der Waals surface area contributed by atoms with E-state index in [1.165, 1.54) is 4.90 Å². The van der Waals surface area contributed by atoms with Crippen LogP contribution in [0.15, 0.2) is 30.3 Å². The number of amides is 2. The molecule has 1 rings (SSSR count). The summed E-state index contributed by atoms with van der Waals surface area (Å²) in [5.74, 6) is 0. The van der Waals surface area contributed by atoms with Crippen LogP contribution in [0.2, 0.25) is 0 Å². The number of ether oxygens (including phenoxy) is 1. The molecule has 1 unspecified atom stereocenters. The lowest BCUT2D eigenvalue weighted by molar-refractivity contribution is 0.0700. The summed E-state index contributed by atoms with van der Waals surface area (Å²) in [5, 5.41) is 11.9. The van der Waals surface area contributed by atoms with Gasteiger partial charge < -0.3 is 20.9 Å². The highest BCUT2D eigenvalue weighted by Crippen LogP contribution is 2.16. The zero-order chi connectivity index (χ0) is 17.5. The van der Waals surface area contributed by atoms with Crippen molar-refractivity contribution >= 4 is 12.2 Å². The van der Waals surface area contributed by atoms with Gasteiger partial charge in [-0.1, -0.05) is 30.3 Å². The molecule has 1 atom stereocenters. The average molecular weight is 323 g/mol. The highest BCUT2D eigenvalue weighted by Gasteiger charge is 2.32. The summed E-state index contributed by atoms with van der Waals surface area (Å²) >= 11 is 0. The fraction of sp³-hybridized carbons (Fsp3) is 0.500. The highest BCUT2D eigenvalue weighted by molar-refractivity contribution is 5.68. The van der Waals surface area contributed by atoms with E-state index in [1.54, 1.807) is 20.8 Å². The molecule has 0 aliphatic rings. The number of nitrogens with one attached hydrogen (secondary N) is 1. The third kappa shape index (κ3) is 6.15. The van der Waals surface area contributed by atoms with Gasteiger partial charge in [0, 0.05) is 18.6 Å². The highest BCUT2D eigenvalue weighted by atomic mass is 16.5. The average Bonchev–Trinajstić information content (AvgIpc) is 2.48. The molecule has 23 heavy (non-hydrogen) atoms. The van der Waals surface area contributed by atoms with Crippen molar-refractivity contribution in [2.75, 3.05) is 13.1 Å². The molecule has 7 heteroatoms. The Balaban J connectivity index is 2.53. The van der Waals surface area contributed by atoms with Gasteiger partial charge in [0.25, 0.3) is 0 Å². The van der Waals surface area contributed by atoms with Gasteiger partial charge in [-0.25, -0.2) is 9.59 Å². The molecule has 0 radical (unpaired) electrons. The summed E-state index contributed by atoms with van der Waals surface area (Å²) in [5.41, 5.74) is 5.92. The van der Waals surface area contributed by atoms with Gasteiger partial charge in [-0.2, -0.15) is 0 Å². The van der Waals surface area contributed by atoms with Crippen molar-refractivity contribution in [3.8, 4) is 0 Å². The van der Waals surface area contributed by atoms with Crippen LogP contribution >= 0.6 is 0 Å². The predicted octanol–water partition coefficient (Wildman–Crippen LogP) is 2.02. The van der Waals surface area contributed by atoms with Crippen LogP contribution in [0.5, 0.6) is 0 Å². The third-order valence-electron chi connectivity index (χ3n) is 3.26. The van der Waals surface area contributed by atoms with E-state index in [-0.39, 0.29) is 19.7 Å².